The topological polar surface area (TPSA) is 95.9 Å². The molecule has 0 rings (SSSR count). The quantitative estimate of drug-likeness (QED) is 0.0321. The van der Waals surface area contributed by atoms with Gasteiger partial charge in [0.15, 0.2) is 0 Å². The van der Waals surface area contributed by atoms with Crippen LogP contribution in [0, 0.1) is 0 Å². The Morgan fingerprint density at radius 3 is 1.25 bits per heavy atom. The summed E-state index contributed by atoms with van der Waals surface area (Å²) in [5.74, 6) is -0.579. The Balaban J connectivity index is 4.69. The summed E-state index contributed by atoms with van der Waals surface area (Å²) in [5, 5.41) is 23.9. The number of carbonyl (C=O) groups is 2. The molecule has 3 N–H and O–H groups in total. The zero-order valence-corrected chi connectivity index (χ0v) is 44.0. The van der Waals surface area contributed by atoms with Crippen molar-refractivity contribution in [1.82, 2.24) is 5.32 Å². The first-order chi connectivity index (χ1) is 33.0. The first kappa shape index (κ1) is 64.0. The zero-order valence-electron chi connectivity index (χ0n) is 44.0. The zero-order chi connectivity index (χ0) is 48.8. The molecule has 0 spiro atoms. The number of rotatable bonds is 50. The molecule has 0 aromatic heterocycles. The van der Waals surface area contributed by atoms with E-state index in [0.29, 0.717) is 19.3 Å². The maximum atomic E-state index is 13.3. The fraction of sp³-hybridized carbons (Fsp3) is 0.738. The minimum absolute atomic E-state index is 0.0394. The van der Waals surface area contributed by atoms with Crippen LogP contribution in [0.15, 0.2) is 85.1 Å². The fourth-order valence-electron chi connectivity index (χ4n) is 8.22. The molecule has 6 nitrogen and oxygen atoms in total. The summed E-state index contributed by atoms with van der Waals surface area (Å²) in [4.78, 5) is 26.2. The van der Waals surface area contributed by atoms with Gasteiger partial charge < -0.3 is 20.3 Å². The summed E-state index contributed by atoms with van der Waals surface area (Å²) in [6, 6.07) is -0.724. The Morgan fingerprint density at radius 1 is 0.448 bits per heavy atom. The van der Waals surface area contributed by atoms with Crippen LogP contribution in [0.4, 0.5) is 0 Å². The number of aliphatic hydroxyl groups excluding tert-OH is 2. The monoisotopic (exact) mass is 934 g/mol. The lowest BCUT2D eigenvalue weighted by atomic mass is 10.0. The number of nitrogens with one attached hydrogen (secondary N) is 1. The second-order valence-corrected chi connectivity index (χ2v) is 19.0. The second kappa shape index (κ2) is 54.0. The smallest absolute Gasteiger partial charge is 0.306 e. The van der Waals surface area contributed by atoms with Crippen LogP contribution in [0.3, 0.4) is 0 Å². The van der Waals surface area contributed by atoms with Crippen LogP contribution in [0.1, 0.15) is 265 Å². The van der Waals surface area contributed by atoms with Gasteiger partial charge in [-0.25, -0.2) is 0 Å². The minimum Gasteiger partial charge on any atom is -0.462 e. The van der Waals surface area contributed by atoms with Crippen molar-refractivity contribution >= 4 is 11.9 Å². The van der Waals surface area contributed by atoms with Crippen LogP contribution in [-0.2, 0) is 14.3 Å². The molecule has 386 valence electrons. The predicted octanol–water partition coefficient (Wildman–Crippen LogP) is 17.5. The van der Waals surface area contributed by atoms with E-state index in [2.05, 4.69) is 105 Å². The van der Waals surface area contributed by atoms with Crippen LogP contribution in [0.25, 0.3) is 0 Å². The number of carbonyl (C=O) groups excluding carboxylic acids is 2. The van der Waals surface area contributed by atoms with Crippen LogP contribution in [0.5, 0.6) is 0 Å². The molecule has 0 radical (unpaired) electrons. The molecule has 0 aliphatic heterocycles. The SMILES string of the molecule is CC/C=C/C/C=C/C/C=C/C/C=C/C/C=C/CCC(=O)OC(CCCCCCCCC/C=C\C/C=C\CCCCC)CC(=O)NC(CO)C(O)CCCCCCCCCCCCCCCCC. The Morgan fingerprint density at radius 2 is 0.806 bits per heavy atom. The Labute approximate surface area is 414 Å². The van der Waals surface area contributed by atoms with Gasteiger partial charge in [-0.2, -0.15) is 0 Å². The van der Waals surface area contributed by atoms with Crippen LogP contribution >= 0.6 is 0 Å². The summed E-state index contributed by atoms with van der Waals surface area (Å²) in [7, 11) is 0. The van der Waals surface area contributed by atoms with Gasteiger partial charge >= 0.3 is 5.97 Å². The van der Waals surface area contributed by atoms with Gasteiger partial charge in [-0.3, -0.25) is 9.59 Å². The molecule has 0 aromatic rings. The highest BCUT2D eigenvalue weighted by molar-refractivity contribution is 5.77. The van der Waals surface area contributed by atoms with Crippen molar-refractivity contribution in [2.45, 2.75) is 283 Å². The fourth-order valence-corrected chi connectivity index (χ4v) is 8.22. The predicted molar refractivity (Wildman–Crippen MR) is 291 cm³/mol. The van der Waals surface area contributed by atoms with Crippen molar-refractivity contribution in [1.29, 1.82) is 0 Å². The van der Waals surface area contributed by atoms with E-state index in [1.807, 2.05) is 6.08 Å². The number of esters is 1. The third-order valence-electron chi connectivity index (χ3n) is 12.5. The number of ether oxygens (including phenoxy) is 1. The average molecular weight is 935 g/mol. The third kappa shape index (κ3) is 49.3. The summed E-state index contributed by atoms with van der Waals surface area (Å²) >= 11 is 0. The van der Waals surface area contributed by atoms with Crippen LogP contribution in [-0.4, -0.2) is 46.9 Å². The van der Waals surface area contributed by atoms with Gasteiger partial charge in [0.2, 0.25) is 5.91 Å². The normalized spacial score (nSPS) is 13.8. The molecule has 0 bridgehead atoms. The second-order valence-electron chi connectivity index (χ2n) is 19.0. The molecule has 0 fully saturated rings. The van der Waals surface area contributed by atoms with Gasteiger partial charge in [0.05, 0.1) is 25.2 Å². The summed E-state index contributed by atoms with van der Waals surface area (Å²) in [5.41, 5.74) is 0. The van der Waals surface area contributed by atoms with E-state index < -0.39 is 18.2 Å². The van der Waals surface area contributed by atoms with Crippen molar-refractivity contribution in [2.24, 2.45) is 0 Å². The van der Waals surface area contributed by atoms with Crippen molar-refractivity contribution in [3.63, 3.8) is 0 Å². The number of amides is 1. The van der Waals surface area contributed by atoms with Crippen molar-refractivity contribution < 1.29 is 24.5 Å². The van der Waals surface area contributed by atoms with Gasteiger partial charge in [0.25, 0.3) is 0 Å². The number of unbranched alkanes of at least 4 members (excludes halogenated alkanes) is 24. The van der Waals surface area contributed by atoms with Crippen molar-refractivity contribution in [3.8, 4) is 0 Å². The van der Waals surface area contributed by atoms with E-state index in [1.165, 1.54) is 128 Å². The maximum absolute atomic E-state index is 13.3. The lowest BCUT2D eigenvalue weighted by Crippen LogP contribution is -2.46. The number of hydrogen-bond acceptors (Lipinski definition) is 5. The molecule has 0 aliphatic carbocycles. The molecule has 67 heavy (non-hydrogen) atoms. The summed E-state index contributed by atoms with van der Waals surface area (Å²) < 4.78 is 5.91. The average Bonchev–Trinajstić information content (AvgIpc) is 3.32. The number of allylic oxidation sites excluding steroid dienone is 14. The van der Waals surface area contributed by atoms with E-state index in [9.17, 15) is 19.8 Å². The molecule has 0 aromatic carbocycles. The Hall–Kier alpha value is -2.96. The van der Waals surface area contributed by atoms with Crippen LogP contribution in [0.2, 0.25) is 0 Å². The van der Waals surface area contributed by atoms with E-state index in [0.717, 1.165) is 83.5 Å². The molecule has 0 saturated carbocycles. The molecule has 6 heteroatoms. The lowest BCUT2D eigenvalue weighted by molar-refractivity contribution is -0.150. The molecular weight excluding hydrogens is 827 g/mol. The largest absolute Gasteiger partial charge is 0.462 e. The Bertz CT molecular complexity index is 1280. The van der Waals surface area contributed by atoms with Gasteiger partial charge in [-0.05, 0) is 89.9 Å². The van der Waals surface area contributed by atoms with E-state index in [-0.39, 0.29) is 31.3 Å². The van der Waals surface area contributed by atoms with Gasteiger partial charge in [0, 0.05) is 6.42 Å². The standard InChI is InChI=1S/C61H107NO5/c1-4-7-10-13-16-19-22-25-28-30-32-34-37-40-43-46-49-52-57(67-61(66)54-51-48-45-42-39-36-33-29-26-23-20-17-14-11-8-5-2)55-60(65)62-58(56-63)59(64)53-50-47-44-41-38-35-31-27-24-21-18-15-12-9-6-3/h8,11,16-17,19-20,25-26,28-29,36,39,45,48,57-59,63-64H,4-7,9-10,12-15,18,21-24,27,30-35,37-38,40-44,46-47,49-56H2,1-3H3,(H,62,65)/b11-8+,19-16-,20-17+,28-25-,29-26+,39-36+,48-45+. The first-order valence-electron chi connectivity index (χ1n) is 28.3. The van der Waals surface area contributed by atoms with Crippen molar-refractivity contribution in [2.75, 3.05) is 6.61 Å². The highest BCUT2D eigenvalue weighted by Crippen LogP contribution is 2.18. The summed E-state index contributed by atoms with van der Waals surface area (Å²) in [6.45, 7) is 6.34. The lowest BCUT2D eigenvalue weighted by Gasteiger charge is -2.24. The highest BCUT2D eigenvalue weighted by atomic mass is 16.5. The molecular formula is C61H107NO5. The van der Waals surface area contributed by atoms with E-state index in [1.54, 1.807) is 0 Å². The molecule has 0 aliphatic rings. The van der Waals surface area contributed by atoms with Crippen LogP contribution < -0.4 is 5.32 Å². The maximum Gasteiger partial charge on any atom is 0.306 e. The van der Waals surface area contributed by atoms with Gasteiger partial charge in [0.1, 0.15) is 6.10 Å². The van der Waals surface area contributed by atoms with Gasteiger partial charge in [-0.15, -0.1) is 0 Å². The van der Waals surface area contributed by atoms with Crippen molar-refractivity contribution in [3.05, 3.63) is 85.1 Å². The summed E-state index contributed by atoms with van der Waals surface area (Å²) in [6.07, 6.45) is 70.8. The number of hydrogen-bond donors (Lipinski definition) is 3. The molecule has 3 unspecified atom stereocenters. The molecule has 1 amide bonds. The highest BCUT2D eigenvalue weighted by Gasteiger charge is 2.24. The Kier molecular flexibility index (Phi) is 51.6. The molecule has 0 saturated heterocycles. The first-order valence-corrected chi connectivity index (χ1v) is 28.3. The van der Waals surface area contributed by atoms with E-state index >= 15 is 0 Å². The number of aliphatic hydroxyl groups is 2. The van der Waals surface area contributed by atoms with Gasteiger partial charge in [-0.1, -0.05) is 247 Å². The van der Waals surface area contributed by atoms with E-state index in [4.69, 9.17) is 4.74 Å². The minimum atomic E-state index is -0.807. The molecule has 3 atom stereocenters. The third-order valence-corrected chi connectivity index (χ3v) is 12.5. The molecule has 0 heterocycles.